The van der Waals surface area contributed by atoms with E-state index in [-0.39, 0.29) is 4.90 Å². The van der Waals surface area contributed by atoms with E-state index in [1.165, 1.54) is 12.1 Å². The summed E-state index contributed by atoms with van der Waals surface area (Å²) in [6.45, 7) is 3.17. The number of hydrogen-bond acceptors (Lipinski definition) is 5. The first-order valence-corrected chi connectivity index (χ1v) is 11.1. The van der Waals surface area contributed by atoms with Crippen molar-refractivity contribution in [3.63, 3.8) is 0 Å². The minimum Gasteiger partial charge on any atom is -0.306 e. The Morgan fingerprint density at radius 1 is 1.10 bits per heavy atom. The van der Waals surface area contributed by atoms with Crippen molar-refractivity contribution in [1.29, 1.82) is 0 Å². The van der Waals surface area contributed by atoms with Gasteiger partial charge in [-0.15, -0.1) is 0 Å². The van der Waals surface area contributed by atoms with Crippen LogP contribution in [0.15, 0.2) is 58.5 Å². The van der Waals surface area contributed by atoms with Crippen LogP contribution < -0.4 is 9.73 Å². The number of aryl methyl sites for hydroxylation is 1. The lowest BCUT2D eigenvalue weighted by molar-refractivity contribution is -0.119. The fourth-order valence-electron chi connectivity index (χ4n) is 3.06. The number of likely N-dealkylation sites (tertiary alicyclic amines) is 1. The van der Waals surface area contributed by atoms with Gasteiger partial charge in [0, 0.05) is 31.6 Å². The Morgan fingerprint density at radius 2 is 1.70 bits per heavy atom. The number of anilines is 1. The first kappa shape index (κ1) is 21.9. The van der Waals surface area contributed by atoms with Crippen molar-refractivity contribution in [2.24, 2.45) is 5.10 Å². The highest BCUT2D eigenvalue weighted by molar-refractivity contribution is 7.92. The van der Waals surface area contributed by atoms with Crippen LogP contribution in [0.5, 0.6) is 0 Å². The molecule has 0 atom stereocenters. The molecule has 0 unspecified atom stereocenters. The lowest BCUT2D eigenvalue weighted by atomic mass is 10.1. The van der Waals surface area contributed by atoms with Gasteiger partial charge in [-0.25, -0.2) is 18.2 Å². The molecule has 1 aliphatic rings. The number of rotatable bonds is 6. The number of benzene rings is 2. The van der Waals surface area contributed by atoms with Crippen LogP contribution in [0.1, 0.15) is 18.4 Å². The third-order valence-electron chi connectivity index (χ3n) is 4.91. The molecular formula is C21H25FN4O3S. The summed E-state index contributed by atoms with van der Waals surface area (Å²) < 4.78 is 40.6. The summed E-state index contributed by atoms with van der Waals surface area (Å²) in [6, 6.07) is 11.3. The molecule has 1 saturated heterocycles. The number of carbonyl (C=O) groups is 1. The predicted octanol–water partition coefficient (Wildman–Crippen LogP) is 2.53. The van der Waals surface area contributed by atoms with E-state index in [9.17, 15) is 17.6 Å². The fraction of sp³-hybridized carbons (Fsp3) is 0.333. The zero-order chi connectivity index (χ0) is 21.7. The maximum absolute atomic E-state index is 13.3. The molecule has 160 valence electrons. The molecule has 0 aromatic heterocycles. The van der Waals surface area contributed by atoms with Gasteiger partial charge in [0.2, 0.25) is 0 Å². The van der Waals surface area contributed by atoms with Gasteiger partial charge in [0.1, 0.15) is 12.4 Å². The average Bonchev–Trinajstić information content (AvgIpc) is 2.72. The highest BCUT2D eigenvalue weighted by Gasteiger charge is 2.27. The molecule has 1 fully saturated rings. The normalized spacial score (nSPS) is 15.0. The molecule has 2 aromatic rings. The van der Waals surface area contributed by atoms with Crippen molar-refractivity contribution >= 4 is 27.3 Å². The zero-order valence-electron chi connectivity index (χ0n) is 17.0. The Labute approximate surface area is 176 Å². The van der Waals surface area contributed by atoms with E-state index < -0.39 is 28.3 Å². The molecule has 1 amide bonds. The summed E-state index contributed by atoms with van der Waals surface area (Å²) in [6.07, 6.45) is 1.51. The second-order valence-corrected chi connectivity index (χ2v) is 9.18. The number of nitrogens with zero attached hydrogens (tertiary/aromatic N) is 3. The first-order valence-electron chi connectivity index (χ1n) is 9.63. The minimum atomic E-state index is -4.08. The van der Waals surface area contributed by atoms with E-state index in [4.69, 9.17) is 0 Å². The summed E-state index contributed by atoms with van der Waals surface area (Å²) in [5.41, 5.74) is 4.65. The Hall–Kier alpha value is -2.78. The zero-order valence-corrected chi connectivity index (χ0v) is 17.8. The lowest BCUT2D eigenvalue weighted by Crippen LogP contribution is -2.40. The van der Waals surface area contributed by atoms with Gasteiger partial charge in [-0.1, -0.05) is 17.7 Å². The fourth-order valence-corrected chi connectivity index (χ4v) is 4.48. The van der Waals surface area contributed by atoms with E-state index in [2.05, 4.69) is 15.4 Å². The number of sulfonamides is 1. The lowest BCUT2D eigenvalue weighted by Gasteiger charge is -2.24. The van der Waals surface area contributed by atoms with E-state index in [1.807, 2.05) is 14.0 Å². The largest absolute Gasteiger partial charge is 0.306 e. The Morgan fingerprint density at radius 3 is 2.30 bits per heavy atom. The molecule has 1 heterocycles. The summed E-state index contributed by atoms with van der Waals surface area (Å²) in [5, 5.41) is 4.16. The Bertz CT molecular complexity index is 1010. The van der Waals surface area contributed by atoms with Gasteiger partial charge < -0.3 is 4.90 Å². The van der Waals surface area contributed by atoms with Crippen molar-refractivity contribution in [2.45, 2.75) is 24.7 Å². The van der Waals surface area contributed by atoms with Crippen molar-refractivity contribution in [3.8, 4) is 0 Å². The third-order valence-corrected chi connectivity index (χ3v) is 6.70. The van der Waals surface area contributed by atoms with Crippen LogP contribution in [-0.4, -0.2) is 51.6 Å². The van der Waals surface area contributed by atoms with Crippen LogP contribution in [0.4, 0.5) is 10.1 Å². The van der Waals surface area contributed by atoms with Crippen LogP contribution in [-0.2, 0) is 14.8 Å². The van der Waals surface area contributed by atoms with Gasteiger partial charge in [0.15, 0.2) is 0 Å². The maximum Gasteiger partial charge on any atom is 0.264 e. The van der Waals surface area contributed by atoms with Crippen molar-refractivity contribution < 1.29 is 17.6 Å². The molecule has 30 heavy (non-hydrogen) atoms. The third kappa shape index (κ3) is 5.43. The topological polar surface area (TPSA) is 82.1 Å². The number of amides is 1. The van der Waals surface area contributed by atoms with Gasteiger partial charge in [0.05, 0.1) is 10.6 Å². The van der Waals surface area contributed by atoms with Crippen molar-refractivity contribution in [1.82, 2.24) is 10.3 Å². The number of piperidine rings is 1. The maximum atomic E-state index is 13.3. The molecule has 0 spiro atoms. The summed E-state index contributed by atoms with van der Waals surface area (Å²) in [4.78, 5) is 14.6. The number of carbonyl (C=O) groups excluding carboxylic acids is 1. The van der Waals surface area contributed by atoms with Crippen molar-refractivity contribution in [3.05, 3.63) is 59.9 Å². The first-order chi connectivity index (χ1) is 14.3. The number of nitrogens with one attached hydrogen (secondary N) is 1. The summed E-state index contributed by atoms with van der Waals surface area (Å²) >= 11 is 0. The molecule has 0 bridgehead atoms. The predicted molar refractivity (Wildman–Crippen MR) is 114 cm³/mol. The second-order valence-electron chi connectivity index (χ2n) is 7.32. The molecule has 0 aliphatic carbocycles. The van der Waals surface area contributed by atoms with Crippen LogP contribution >= 0.6 is 0 Å². The van der Waals surface area contributed by atoms with Gasteiger partial charge in [-0.2, -0.15) is 5.10 Å². The minimum absolute atomic E-state index is 0.0982. The SMILES string of the molecule is Cc1ccc(N(CC(=O)NN=C2CCN(C)CC2)S(=O)(=O)c2ccc(F)cc2)cc1. The number of hydrogen-bond donors (Lipinski definition) is 1. The van der Waals surface area contributed by atoms with Crippen LogP contribution in [0.2, 0.25) is 0 Å². The molecule has 0 saturated carbocycles. The smallest absolute Gasteiger partial charge is 0.264 e. The Kier molecular flexibility index (Phi) is 6.84. The Balaban J connectivity index is 1.83. The molecule has 0 radical (unpaired) electrons. The van der Waals surface area contributed by atoms with Gasteiger partial charge in [0.25, 0.3) is 15.9 Å². The molecule has 7 nitrogen and oxygen atoms in total. The van der Waals surface area contributed by atoms with Crippen LogP contribution in [0, 0.1) is 12.7 Å². The van der Waals surface area contributed by atoms with E-state index in [0.717, 1.165) is 53.6 Å². The monoisotopic (exact) mass is 432 g/mol. The van der Waals surface area contributed by atoms with E-state index in [0.29, 0.717) is 5.69 Å². The van der Waals surface area contributed by atoms with Crippen molar-refractivity contribution in [2.75, 3.05) is 31.0 Å². The summed E-state index contributed by atoms with van der Waals surface area (Å²) in [7, 11) is -2.06. The molecule has 1 aliphatic heterocycles. The second kappa shape index (κ2) is 9.36. The van der Waals surface area contributed by atoms with Crippen LogP contribution in [0.25, 0.3) is 0 Å². The molecule has 1 N–H and O–H groups in total. The number of hydrazone groups is 1. The average molecular weight is 433 g/mol. The molecular weight excluding hydrogens is 407 g/mol. The van der Waals surface area contributed by atoms with E-state index >= 15 is 0 Å². The molecule has 3 rings (SSSR count). The number of halogens is 1. The van der Waals surface area contributed by atoms with Gasteiger partial charge >= 0.3 is 0 Å². The summed E-state index contributed by atoms with van der Waals surface area (Å²) in [5.74, 6) is -1.09. The molecule has 2 aromatic carbocycles. The quantitative estimate of drug-likeness (QED) is 0.712. The highest BCUT2D eigenvalue weighted by atomic mass is 32.2. The van der Waals surface area contributed by atoms with Crippen LogP contribution in [0.3, 0.4) is 0 Å². The van der Waals surface area contributed by atoms with Gasteiger partial charge in [-0.3, -0.25) is 9.10 Å². The molecule has 9 heteroatoms. The highest BCUT2D eigenvalue weighted by Crippen LogP contribution is 2.24. The van der Waals surface area contributed by atoms with Gasteiger partial charge in [-0.05, 0) is 50.4 Å². The van der Waals surface area contributed by atoms with E-state index in [1.54, 1.807) is 24.3 Å². The standard InChI is InChI=1S/C21H25FN4O3S/c1-16-3-7-19(8-4-16)26(30(28,29)20-9-5-17(22)6-10-20)15-21(27)24-23-18-11-13-25(2)14-12-18/h3-10H,11-15H2,1-2H3,(H,24,27).